The predicted octanol–water partition coefficient (Wildman–Crippen LogP) is 2.45. The highest BCUT2D eigenvalue weighted by molar-refractivity contribution is 14.1. The van der Waals surface area contributed by atoms with Crippen molar-refractivity contribution >= 4 is 44.2 Å². The molecule has 0 fully saturated rings. The molecule has 2 N–H and O–H groups in total. The molecule has 0 aliphatic heterocycles. The fraction of sp³-hybridized carbons (Fsp3) is 0.0714. The first kappa shape index (κ1) is 15.9. The molecule has 0 atom stereocenters. The molecule has 5 nitrogen and oxygen atoms in total. The molecule has 0 aliphatic carbocycles. The largest absolute Gasteiger partial charge is 0.322 e. The Bertz CT molecular complexity index is 758. The molecule has 2 aromatic carbocycles. The molecule has 7 heteroatoms. The minimum absolute atomic E-state index is 0.102. The Morgan fingerprint density at radius 3 is 2.38 bits per heavy atom. The first-order chi connectivity index (χ1) is 9.92. The number of halogens is 1. The number of hydrogen-bond acceptors (Lipinski definition) is 3. The highest BCUT2D eigenvalue weighted by Crippen LogP contribution is 2.16. The number of rotatable bonds is 4. The second-order valence-corrected chi connectivity index (χ2v) is 7.33. The Kier molecular flexibility index (Phi) is 4.96. The van der Waals surface area contributed by atoms with Gasteiger partial charge in [0.15, 0.2) is 0 Å². The van der Waals surface area contributed by atoms with Crippen LogP contribution < -0.4 is 10.0 Å². The lowest BCUT2D eigenvalue weighted by atomic mass is 10.2. The van der Waals surface area contributed by atoms with Crippen LogP contribution in [0, 0.1) is 3.57 Å². The minimum atomic E-state index is -3.53. The molecule has 0 saturated carbocycles. The van der Waals surface area contributed by atoms with Gasteiger partial charge in [0, 0.05) is 14.8 Å². The third-order valence-electron chi connectivity index (χ3n) is 2.78. The molecule has 0 saturated heterocycles. The summed E-state index contributed by atoms with van der Waals surface area (Å²) in [5.74, 6) is -0.287. The van der Waals surface area contributed by atoms with Crippen LogP contribution in [0.1, 0.15) is 10.4 Å². The first-order valence-corrected chi connectivity index (χ1v) is 8.59. The molecule has 0 radical (unpaired) electrons. The van der Waals surface area contributed by atoms with E-state index in [4.69, 9.17) is 0 Å². The lowest BCUT2D eigenvalue weighted by molar-refractivity contribution is 0.102. The summed E-state index contributed by atoms with van der Waals surface area (Å²) in [6.07, 6.45) is 0. The summed E-state index contributed by atoms with van der Waals surface area (Å²) in [5.41, 5.74) is 0.937. The zero-order valence-corrected chi connectivity index (χ0v) is 14.1. The molecule has 110 valence electrons. The van der Waals surface area contributed by atoms with Crippen LogP contribution in [-0.2, 0) is 10.0 Å². The number of carbonyl (C=O) groups excluding carboxylic acids is 1. The topological polar surface area (TPSA) is 75.3 Å². The molecule has 0 aromatic heterocycles. The van der Waals surface area contributed by atoms with Gasteiger partial charge in [-0.1, -0.05) is 6.07 Å². The van der Waals surface area contributed by atoms with Gasteiger partial charge in [-0.2, -0.15) is 0 Å². The quantitative estimate of drug-likeness (QED) is 0.753. The molecule has 0 spiro atoms. The van der Waals surface area contributed by atoms with Crippen molar-refractivity contribution in [2.45, 2.75) is 4.90 Å². The highest BCUT2D eigenvalue weighted by Gasteiger charge is 2.12. The van der Waals surface area contributed by atoms with Crippen molar-refractivity contribution in [2.75, 3.05) is 12.4 Å². The van der Waals surface area contributed by atoms with Gasteiger partial charge < -0.3 is 5.32 Å². The van der Waals surface area contributed by atoms with Gasteiger partial charge in [-0.3, -0.25) is 4.79 Å². The molecular formula is C14H13IN2O3S. The zero-order valence-electron chi connectivity index (χ0n) is 11.1. The van der Waals surface area contributed by atoms with Gasteiger partial charge in [0.05, 0.1) is 4.90 Å². The fourth-order valence-electron chi connectivity index (χ4n) is 1.66. The summed E-state index contributed by atoms with van der Waals surface area (Å²) in [6.45, 7) is 0. The second kappa shape index (κ2) is 6.54. The summed E-state index contributed by atoms with van der Waals surface area (Å²) in [6, 6.07) is 13.2. The van der Waals surface area contributed by atoms with Crippen molar-refractivity contribution < 1.29 is 13.2 Å². The van der Waals surface area contributed by atoms with E-state index in [0.29, 0.717) is 11.3 Å². The zero-order chi connectivity index (χ0) is 15.5. The fourth-order valence-corrected chi connectivity index (χ4v) is 2.80. The normalized spacial score (nSPS) is 11.1. The Hall–Kier alpha value is -1.45. The van der Waals surface area contributed by atoms with Crippen molar-refractivity contribution in [3.8, 4) is 0 Å². The van der Waals surface area contributed by atoms with Crippen molar-refractivity contribution in [3.63, 3.8) is 0 Å². The summed E-state index contributed by atoms with van der Waals surface area (Å²) in [5, 5.41) is 2.68. The van der Waals surface area contributed by atoms with E-state index in [0.717, 1.165) is 3.57 Å². The maximum absolute atomic E-state index is 12.1. The van der Waals surface area contributed by atoms with Crippen LogP contribution in [0.2, 0.25) is 0 Å². The highest BCUT2D eigenvalue weighted by atomic mass is 127. The van der Waals surface area contributed by atoms with Gasteiger partial charge in [-0.15, -0.1) is 0 Å². The third-order valence-corrected chi connectivity index (χ3v) is 4.91. The Morgan fingerprint density at radius 2 is 1.76 bits per heavy atom. The van der Waals surface area contributed by atoms with Crippen LogP contribution in [0.4, 0.5) is 5.69 Å². The molecule has 0 aliphatic rings. The first-order valence-electron chi connectivity index (χ1n) is 6.03. The van der Waals surface area contributed by atoms with E-state index in [2.05, 4.69) is 32.6 Å². The van der Waals surface area contributed by atoms with Crippen LogP contribution in [-0.4, -0.2) is 21.4 Å². The van der Waals surface area contributed by atoms with Gasteiger partial charge in [-0.25, -0.2) is 13.1 Å². The van der Waals surface area contributed by atoms with E-state index >= 15 is 0 Å². The Balaban J connectivity index is 2.22. The third kappa shape index (κ3) is 4.02. The second-order valence-electron chi connectivity index (χ2n) is 4.20. The van der Waals surface area contributed by atoms with E-state index in [1.807, 2.05) is 12.1 Å². The van der Waals surface area contributed by atoms with E-state index in [-0.39, 0.29) is 10.8 Å². The maximum atomic E-state index is 12.1. The van der Waals surface area contributed by atoms with Crippen molar-refractivity contribution in [1.82, 2.24) is 4.72 Å². The lowest BCUT2D eigenvalue weighted by Crippen LogP contribution is -2.19. The van der Waals surface area contributed by atoms with Gasteiger partial charge in [0.1, 0.15) is 0 Å². The molecule has 0 unspecified atom stereocenters. The predicted molar refractivity (Wildman–Crippen MR) is 89.8 cm³/mol. The summed E-state index contributed by atoms with van der Waals surface area (Å²) >= 11 is 2.16. The summed E-state index contributed by atoms with van der Waals surface area (Å²) < 4.78 is 26.7. The Labute approximate surface area is 137 Å². The van der Waals surface area contributed by atoms with Crippen molar-refractivity contribution in [1.29, 1.82) is 0 Å². The van der Waals surface area contributed by atoms with Crippen molar-refractivity contribution in [2.24, 2.45) is 0 Å². The molecule has 0 heterocycles. The molecule has 2 aromatic rings. The van der Waals surface area contributed by atoms with E-state index in [1.54, 1.807) is 24.3 Å². The minimum Gasteiger partial charge on any atom is -0.322 e. The SMILES string of the molecule is CNS(=O)(=O)c1cccc(NC(=O)c2ccc(I)cc2)c1. The van der Waals surface area contributed by atoms with Gasteiger partial charge in [0.2, 0.25) is 10.0 Å². The van der Waals surface area contributed by atoms with Crippen LogP contribution in [0.25, 0.3) is 0 Å². The number of carbonyl (C=O) groups is 1. The number of anilines is 1. The smallest absolute Gasteiger partial charge is 0.255 e. The van der Waals surface area contributed by atoms with Crippen LogP contribution in [0.3, 0.4) is 0 Å². The maximum Gasteiger partial charge on any atom is 0.255 e. The van der Waals surface area contributed by atoms with Crippen LogP contribution >= 0.6 is 22.6 Å². The van der Waals surface area contributed by atoms with Crippen LogP contribution in [0.5, 0.6) is 0 Å². The van der Waals surface area contributed by atoms with E-state index in [1.165, 1.54) is 19.2 Å². The van der Waals surface area contributed by atoms with Crippen LogP contribution in [0.15, 0.2) is 53.4 Å². The number of hydrogen-bond donors (Lipinski definition) is 2. The molecule has 21 heavy (non-hydrogen) atoms. The Morgan fingerprint density at radius 1 is 1.10 bits per heavy atom. The lowest BCUT2D eigenvalue weighted by Gasteiger charge is -2.08. The average Bonchev–Trinajstić information content (AvgIpc) is 2.48. The molecular weight excluding hydrogens is 403 g/mol. The molecule has 1 amide bonds. The van der Waals surface area contributed by atoms with E-state index in [9.17, 15) is 13.2 Å². The summed E-state index contributed by atoms with van der Waals surface area (Å²) in [4.78, 5) is 12.2. The molecule has 0 bridgehead atoms. The number of benzene rings is 2. The van der Waals surface area contributed by atoms with Gasteiger partial charge >= 0.3 is 0 Å². The summed E-state index contributed by atoms with van der Waals surface area (Å²) in [7, 11) is -2.19. The average molecular weight is 416 g/mol. The number of nitrogens with one attached hydrogen (secondary N) is 2. The molecule has 2 rings (SSSR count). The van der Waals surface area contributed by atoms with Gasteiger partial charge in [-0.05, 0) is 72.1 Å². The van der Waals surface area contributed by atoms with E-state index < -0.39 is 10.0 Å². The standard InChI is InChI=1S/C14H13IN2O3S/c1-16-21(19,20)13-4-2-3-12(9-13)17-14(18)10-5-7-11(15)8-6-10/h2-9,16H,1H3,(H,17,18). The monoisotopic (exact) mass is 416 g/mol. The van der Waals surface area contributed by atoms with Gasteiger partial charge in [0.25, 0.3) is 5.91 Å². The number of amides is 1. The number of sulfonamides is 1. The van der Waals surface area contributed by atoms with Crippen molar-refractivity contribution in [3.05, 3.63) is 57.7 Å².